The highest BCUT2D eigenvalue weighted by molar-refractivity contribution is 7.89. The van der Waals surface area contributed by atoms with Crippen molar-refractivity contribution in [2.75, 3.05) is 19.7 Å². The Bertz CT molecular complexity index is 1740. The van der Waals surface area contributed by atoms with E-state index in [-0.39, 0.29) is 37.1 Å². The largest absolute Gasteiger partial charge is 0.490 e. The molecule has 0 aliphatic heterocycles. The van der Waals surface area contributed by atoms with Crippen molar-refractivity contribution < 1.29 is 48.2 Å². The first-order valence-electron chi connectivity index (χ1n) is 17.2. The Hall–Kier alpha value is -3.18. The van der Waals surface area contributed by atoms with Crippen molar-refractivity contribution in [3.63, 3.8) is 0 Å². The van der Waals surface area contributed by atoms with E-state index in [4.69, 9.17) is 26.2 Å². The van der Waals surface area contributed by atoms with Gasteiger partial charge >= 0.3 is 0 Å². The van der Waals surface area contributed by atoms with Crippen LogP contribution in [-0.4, -0.2) is 95.1 Å². The number of rotatable bonds is 21. The van der Waals surface area contributed by atoms with E-state index < -0.39 is 52.6 Å². The standard InChI is InChI=1S/C36H46ClN3O10S/c37-29-12-11-25(51(47,48)40-16-5-1-2-8-33(44)39-20-30(42)34(45)35(46)31(43)21-41)18-23(29)22-49-36(14-15-36)28-19-38-17-13-26(28)27-6-3-4-7-32(27)50-24-9-10-24/h3-4,6-7,11-13,17-19,24,30-31,34-35,40-43,45-46H,1-2,5,8-10,14-16,20-22H2,(H,39,44). The fraction of sp³-hybridized carbons (Fsp3) is 0.500. The number of carbonyl (C=O) groups is 1. The lowest BCUT2D eigenvalue weighted by Crippen LogP contribution is -2.49. The molecule has 1 heterocycles. The molecule has 4 unspecified atom stereocenters. The maximum absolute atomic E-state index is 13.1. The van der Waals surface area contributed by atoms with Crippen LogP contribution in [0.1, 0.15) is 62.5 Å². The number of aromatic nitrogens is 1. The van der Waals surface area contributed by atoms with Crippen molar-refractivity contribution in [2.45, 2.75) is 99.0 Å². The van der Waals surface area contributed by atoms with Crippen molar-refractivity contribution in [3.05, 3.63) is 77.1 Å². The number of aliphatic hydroxyl groups excluding tert-OH is 5. The lowest BCUT2D eigenvalue weighted by Gasteiger charge is -2.25. The topological polar surface area (TPSA) is 208 Å². The molecule has 4 atom stereocenters. The number of halogens is 1. The van der Waals surface area contributed by atoms with Gasteiger partial charge in [-0.15, -0.1) is 0 Å². The van der Waals surface area contributed by atoms with Crippen LogP contribution in [0.25, 0.3) is 11.1 Å². The highest BCUT2D eigenvalue weighted by Crippen LogP contribution is 2.53. The molecule has 2 aromatic carbocycles. The second-order valence-corrected chi connectivity index (χ2v) is 15.3. The van der Waals surface area contributed by atoms with Gasteiger partial charge in [0.1, 0.15) is 24.1 Å². The minimum Gasteiger partial charge on any atom is -0.490 e. The molecule has 5 rings (SSSR count). The Morgan fingerprint density at radius 1 is 0.980 bits per heavy atom. The van der Waals surface area contributed by atoms with Gasteiger partial charge in [0, 0.05) is 48.1 Å². The van der Waals surface area contributed by atoms with Crippen molar-refractivity contribution in [3.8, 4) is 16.9 Å². The van der Waals surface area contributed by atoms with E-state index in [0.29, 0.717) is 29.8 Å². The van der Waals surface area contributed by atoms with Crippen LogP contribution in [0.3, 0.4) is 0 Å². The summed E-state index contributed by atoms with van der Waals surface area (Å²) in [5.41, 5.74) is 2.86. The van der Waals surface area contributed by atoms with Gasteiger partial charge in [0.05, 0.1) is 35.9 Å². The number of hydrogen-bond donors (Lipinski definition) is 7. The van der Waals surface area contributed by atoms with Crippen LogP contribution < -0.4 is 14.8 Å². The number of benzene rings is 2. The number of pyridine rings is 1. The van der Waals surface area contributed by atoms with Gasteiger partial charge in [-0.05, 0) is 80.0 Å². The molecule has 0 bridgehead atoms. The third-order valence-electron chi connectivity index (χ3n) is 9.05. The third-order valence-corrected chi connectivity index (χ3v) is 10.9. The summed E-state index contributed by atoms with van der Waals surface area (Å²) in [6, 6.07) is 14.4. The monoisotopic (exact) mass is 747 g/mol. The molecule has 1 amide bonds. The zero-order chi connectivity index (χ0) is 36.6. The molecule has 2 saturated carbocycles. The van der Waals surface area contributed by atoms with E-state index in [1.165, 1.54) is 12.1 Å². The molecule has 7 N–H and O–H groups in total. The number of nitrogens with one attached hydrogen (secondary N) is 2. The molecule has 0 radical (unpaired) electrons. The third kappa shape index (κ3) is 10.5. The predicted octanol–water partition coefficient (Wildman–Crippen LogP) is 2.54. The Morgan fingerprint density at radius 2 is 1.73 bits per heavy atom. The number of sulfonamides is 1. The van der Waals surface area contributed by atoms with Crippen molar-refractivity contribution in [1.29, 1.82) is 0 Å². The van der Waals surface area contributed by atoms with Crippen molar-refractivity contribution in [2.24, 2.45) is 0 Å². The van der Waals surface area contributed by atoms with Gasteiger partial charge in [0.25, 0.3) is 0 Å². The van der Waals surface area contributed by atoms with E-state index in [9.17, 15) is 33.6 Å². The SMILES string of the molecule is O=C(CCCCCNS(=O)(=O)c1ccc(Cl)c(COC2(c3cnccc3-c3ccccc3OC3CC3)CC2)c1)NCC(O)C(O)C(O)C(O)CO. The smallest absolute Gasteiger partial charge is 0.240 e. The van der Waals surface area contributed by atoms with Gasteiger partial charge in [-0.3, -0.25) is 9.78 Å². The molecule has 2 aliphatic carbocycles. The van der Waals surface area contributed by atoms with Crippen molar-refractivity contribution >= 4 is 27.5 Å². The zero-order valence-corrected chi connectivity index (χ0v) is 29.7. The average molecular weight is 748 g/mol. The zero-order valence-electron chi connectivity index (χ0n) is 28.2. The molecule has 0 saturated heterocycles. The number of ether oxygens (including phenoxy) is 2. The first-order chi connectivity index (χ1) is 24.4. The van der Waals surface area contributed by atoms with Gasteiger partial charge in [-0.1, -0.05) is 36.2 Å². The predicted molar refractivity (Wildman–Crippen MR) is 188 cm³/mol. The van der Waals surface area contributed by atoms with E-state index in [1.807, 2.05) is 36.5 Å². The minimum atomic E-state index is -3.86. The fourth-order valence-corrected chi connectivity index (χ4v) is 6.96. The number of para-hydroxylation sites is 1. The maximum Gasteiger partial charge on any atom is 0.240 e. The number of hydrogen-bond acceptors (Lipinski definition) is 11. The summed E-state index contributed by atoms with van der Waals surface area (Å²) in [6.45, 7) is -0.919. The fourth-order valence-electron chi connectivity index (χ4n) is 5.67. The lowest BCUT2D eigenvalue weighted by atomic mass is 9.96. The summed E-state index contributed by atoms with van der Waals surface area (Å²) in [5, 5.41) is 50.5. The number of unbranched alkanes of at least 4 members (excludes halogenated alkanes) is 2. The summed E-state index contributed by atoms with van der Waals surface area (Å²) in [6.07, 6.45) is 2.30. The lowest BCUT2D eigenvalue weighted by molar-refractivity contribution is -0.126. The molecular formula is C36H46ClN3O10S. The van der Waals surface area contributed by atoms with Crippen LogP contribution >= 0.6 is 11.6 Å². The first kappa shape index (κ1) is 39.0. The highest BCUT2D eigenvalue weighted by Gasteiger charge is 2.48. The molecule has 0 spiro atoms. The van der Waals surface area contributed by atoms with Gasteiger partial charge in [0.2, 0.25) is 15.9 Å². The quantitative estimate of drug-likeness (QED) is 0.0789. The van der Waals surface area contributed by atoms with Crippen molar-refractivity contribution in [1.82, 2.24) is 15.0 Å². The molecule has 51 heavy (non-hydrogen) atoms. The molecule has 13 nitrogen and oxygen atoms in total. The second-order valence-electron chi connectivity index (χ2n) is 13.1. The summed E-state index contributed by atoms with van der Waals surface area (Å²) < 4.78 is 41.5. The van der Waals surface area contributed by atoms with Crippen LogP contribution in [0.2, 0.25) is 5.02 Å². The first-order valence-corrected chi connectivity index (χ1v) is 19.0. The number of carbonyl (C=O) groups excluding carboxylic acids is 1. The Labute approximate surface area is 302 Å². The van der Waals surface area contributed by atoms with E-state index in [2.05, 4.69) is 15.0 Å². The van der Waals surface area contributed by atoms with E-state index >= 15 is 0 Å². The molecule has 278 valence electrons. The summed E-state index contributed by atoms with van der Waals surface area (Å²) >= 11 is 6.51. The van der Waals surface area contributed by atoms with Gasteiger partial charge < -0.3 is 40.3 Å². The molecule has 15 heteroatoms. The Balaban J connectivity index is 1.10. The normalized spacial score (nSPS) is 17.7. The Morgan fingerprint density at radius 3 is 2.45 bits per heavy atom. The van der Waals surface area contributed by atoms with E-state index in [1.54, 1.807) is 12.3 Å². The molecule has 2 aliphatic rings. The average Bonchev–Trinajstić information content (AvgIpc) is 4.08. The van der Waals surface area contributed by atoms with Crippen LogP contribution in [0.15, 0.2) is 65.8 Å². The second kappa shape index (κ2) is 17.6. The van der Waals surface area contributed by atoms with Crippen LogP contribution in [0, 0.1) is 0 Å². The summed E-state index contributed by atoms with van der Waals surface area (Å²) in [7, 11) is -3.86. The summed E-state index contributed by atoms with van der Waals surface area (Å²) in [5.74, 6) is 0.418. The van der Waals surface area contributed by atoms with Gasteiger partial charge in [-0.25, -0.2) is 13.1 Å². The van der Waals surface area contributed by atoms with Crippen LogP contribution in [0.4, 0.5) is 0 Å². The molecular weight excluding hydrogens is 702 g/mol. The highest BCUT2D eigenvalue weighted by atomic mass is 35.5. The number of aliphatic hydroxyl groups is 5. The van der Waals surface area contributed by atoms with Crippen LogP contribution in [0.5, 0.6) is 5.75 Å². The molecule has 2 fully saturated rings. The molecule has 1 aromatic heterocycles. The van der Waals surface area contributed by atoms with Crippen LogP contribution in [-0.2, 0) is 31.8 Å². The number of nitrogens with zero attached hydrogens (tertiary/aromatic N) is 1. The molecule has 3 aromatic rings. The maximum atomic E-state index is 13.1. The Kier molecular flexibility index (Phi) is 13.4. The summed E-state index contributed by atoms with van der Waals surface area (Å²) in [4.78, 5) is 16.6. The number of amides is 1. The van der Waals surface area contributed by atoms with E-state index in [0.717, 1.165) is 48.1 Å². The minimum absolute atomic E-state index is 0.0558. The van der Waals surface area contributed by atoms with Gasteiger partial charge in [-0.2, -0.15) is 0 Å². The van der Waals surface area contributed by atoms with Gasteiger partial charge in [0.15, 0.2) is 0 Å².